The molecule has 0 aliphatic carbocycles. The number of hydrogen-bond donors (Lipinski definition) is 1. The van der Waals surface area contributed by atoms with Crippen molar-refractivity contribution in [1.29, 1.82) is 0 Å². The summed E-state index contributed by atoms with van der Waals surface area (Å²) in [7, 11) is -1.76. The van der Waals surface area contributed by atoms with Crippen LogP contribution in [0.25, 0.3) is 0 Å². The Morgan fingerprint density at radius 3 is 2.74 bits per heavy atom. The monoisotopic (exact) mass is 288 g/mol. The molecule has 0 aliphatic heterocycles. The number of sulfonamides is 1. The highest BCUT2D eigenvalue weighted by atomic mass is 32.2. The Kier molecular flexibility index (Phi) is 6.41. The maximum Gasteiger partial charge on any atom is 0.214 e. The SMILES string of the molecule is CCNCCCS(=O)(=O)N(C)Cc1cccc(F)c1. The maximum atomic E-state index is 13.0. The van der Waals surface area contributed by atoms with Crippen LogP contribution in [0.1, 0.15) is 18.9 Å². The number of rotatable bonds is 8. The number of halogens is 1. The van der Waals surface area contributed by atoms with Crippen LogP contribution in [0.2, 0.25) is 0 Å². The quantitative estimate of drug-likeness (QED) is 0.739. The lowest BCUT2D eigenvalue weighted by Gasteiger charge is -2.17. The number of benzene rings is 1. The molecule has 0 aromatic heterocycles. The first-order chi connectivity index (χ1) is 8.95. The minimum Gasteiger partial charge on any atom is -0.317 e. The zero-order chi connectivity index (χ0) is 14.3. The van der Waals surface area contributed by atoms with Crippen molar-refractivity contribution in [2.75, 3.05) is 25.9 Å². The van der Waals surface area contributed by atoms with E-state index in [2.05, 4.69) is 5.32 Å². The molecular weight excluding hydrogens is 267 g/mol. The fourth-order valence-electron chi connectivity index (χ4n) is 1.70. The second-order valence-corrected chi connectivity index (χ2v) is 6.60. The average Bonchev–Trinajstić information content (AvgIpc) is 2.34. The minimum absolute atomic E-state index is 0.103. The summed E-state index contributed by atoms with van der Waals surface area (Å²) in [6.45, 7) is 3.69. The summed E-state index contributed by atoms with van der Waals surface area (Å²) in [5.74, 6) is -0.248. The largest absolute Gasteiger partial charge is 0.317 e. The molecule has 1 aromatic rings. The van der Waals surface area contributed by atoms with Crippen molar-refractivity contribution in [2.24, 2.45) is 0 Å². The fraction of sp³-hybridized carbons (Fsp3) is 0.538. The van der Waals surface area contributed by atoms with Crippen LogP contribution in [0.15, 0.2) is 24.3 Å². The Bertz CT molecular complexity index is 491. The van der Waals surface area contributed by atoms with Crippen LogP contribution in [0.5, 0.6) is 0 Å². The van der Waals surface area contributed by atoms with Gasteiger partial charge in [0.25, 0.3) is 0 Å². The second-order valence-electron chi connectivity index (χ2n) is 4.41. The lowest BCUT2D eigenvalue weighted by molar-refractivity contribution is 0.463. The average molecular weight is 288 g/mol. The van der Waals surface area contributed by atoms with Gasteiger partial charge in [0.15, 0.2) is 0 Å². The lowest BCUT2D eigenvalue weighted by atomic mass is 10.2. The molecule has 0 heterocycles. The van der Waals surface area contributed by atoms with E-state index in [1.807, 2.05) is 6.92 Å². The molecule has 4 nitrogen and oxygen atoms in total. The molecule has 0 amide bonds. The maximum absolute atomic E-state index is 13.0. The van der Waals surface area contributed by atoms with E-state index >= 15 is 0 Å². The van der Waals surface area contributed by atoms with Crippen molar-refractivity contribution in [2.45, 2.75) is 19.9 Å². The lowest BCUT2D eigenvalue weighted by Crippen LogP contribution is -2.30. The molecule has 0 spiro atoms. The van der Waals surface area contributed by atoms with Gasteiger partial charge >= 0.3 is 0 Å². The molecule has 1 N–H and O–H groups in total. The summed E-state index contributed by atoms with van der Waals surface area (Å²) in [5, 5.41) is 3.08. The zero-order valence-electron chi connectivity index (χ0n) is 11.4. The Morgan fingerprint density at radius 2 is 2.11 bits per heavy atom. The predicted molar refractivity (Wildman–Crippen MR) is 74.8 cm³/mol. The highest BCUT2D eigenvalue weighted by Crippen LogP contribution is 2.10. The summed E-state index contributed by atoms with van der Waals surface area (Å²) in [5.41, 5.74) is 0.651. The zero-order valence-corrected chi connectivity index (χ0v) is 12.2. The molecule has 0 saturated carbocycles. The first-order valence-electron chi connectivity index (χ1n) is 6.35. The fourth-order valence-corrected chi connectivity index (χ4v) is 2.87. The Hall–Kier alpha value is -0.980. The standard InChI is InChI=1S/C13H21FN2O2S/c1-3-15-8-5-9-19(17,18)16(2)11-12-6-4-7-13(14)10-12/h4,6-7,10,15H,3,5,8-9,11H2,1-2H3. The summed E-state index contributed by atoms with van der Waals surface area (Å²) in [6.07, 6.45) is 0.573. The molecule has 19 heavy (non-hydrogen) atoms. The Labute approximate surface area is 114 Å². The highest BCUT2D eigenvalue weighted by Gasteiger charge is 2.17. The van der Waals surface area contributed by atoms with Gasteiger partial charge in [-0.2, -0.15) is 0 Å². The van der Waals surface area contributed by atoms with Crippen molar-refractivity contribution in [3.8, 4) is 0 Å². The molecule has 0 fully saturated rings. The van der Waals surface area contributed by atoms with E-state index in [1.54, 1.807) is 12.1 Å². The van der Waals surface area contributed by atoms with Crippen molar-refractivity contribution >= 4 is 10.0 Å². The van der Waals surface area contributed by atoms with Gasteiger partial charge in [-0.25, -0.2) is 17.1 Å². The van der Waals surface area contributed by atoms with Crippen molar-refractivity contribution in [3.05, 3.63) is 35.6 Å². The number of hydrogen-bond acceptors (Lipinski definition) is 3. The van der Waals surface area contributed by atoms with E-state index in [0.717, 1.165) is 6.54 Å². The Balaban J connectivity index is 2.53. The molecule has 0 saturated heterocycles. The van der Waals surface area contributed by atoms with Crippen molar-refractivity contribution in [1.82, 2.24) is 9.62 Å². The van der Waals surface area contributed by atoms with Crippen LogP contribution >= 0.6 is 0 Å². The van der Waals surface area contributed by atoms with E-state index < -0.39 is 10.0 Å². The summed E-state index contributed by atoms with van der Waals surface area (Å²) in [6, 6.07) is 5.99. The topological polar surface area (TPSA) is 49.4 Å². The molecule has 0 aliphatic rings. The van der Waals surface area contributed by atoms with E-state index in [1.165, 1.54) is 23.5 Å². The molecule has 1 aromatic carbocycles. The third-order valence-corrected chi connectivity index (χ3v) is 4.66. The van der Waals surface area contributed by atoms with Gasteiger partial charge in [-0.3, -0.25) is 0 Å². The summed E-state index contributed by atoms with van der Waals surface area (Å²) < 4.78 is 38.3. The number of nitrogens with zero attached hydrogens (tertiary/aromatic N) is 1. The minimum atomic E-state index is -3.28. The van der Waals surface area contributed by atoms with Gasteiger partial charge in [0.05, 0.1) is 5.75 Å². The molecule has 6 heteroatoms. The summed E-state index contributed by atoms with van der Waals surface area (Å²) >= 11 is 0. The van der Waals surface area contributed by atoms with Gasteiger partial charge in [-0.15, -0.1) is 0 Å². The molecule has 0 bridgehead atoms. The first kappa shape index (κ1) is 16.1. The Morgan fingerprint density at radius 1 is 1.37 bits per heavy atom. The third kappa shape index (κ3) is 5.67. The van der Waals surface area contributed by atoms with E-state index in [9.17, 15) is 12.8 Å². The van der Waals surface area contributed by atoms with Crippen molar-refractivity contribution < 1.29 is 12.8 Å². The first-order valence-corrected chi connectivity index (χ1v) is 7.96. The van der Waals surface area contributed by atoms with Crippen LogP contribution in [0.3, 0.4) is 0 Å². The number of nitrogens with one attached hydrogen (secondary N) is 1. The van der Waals surface area contributed by atoms with E-state index in [4.69, 9.17) is 0 Å². The van der Waals surface area contributed by atoms with Gasteiger partial charge in [-0.1, -0.05) is 19.1 Å². The van der Waals surface area contributed by atoms with Gasteiger partial charge < -0.3 is 5.32 Å². The second kappa shape index (κ2) is 7.57. The van der Waals surface area contributed by atoms with E-state index in [0.29, 0.717) is 18.5 Å². The molecular formula is C13H21FN2O2S. The van der Waals surface area contributed by atoms with Crippen LogP contribution in [-0.4, -0.2) is 38.6 Å². The molecule has 0 unspecified atom stereocenters. The smallest absolute Gasteiger partial charge is 0.214 e. The van der Waals surface area contributed by atoms with E-state index in [-0.39, 0.29) is 18.1 Å². The van der Waals surface area contributed by atoms with Crippen molar-refractivity contribution in [3.63, 3.8) is 0 Å². The normalized spacial score (nSPS) is 12.0. The molecule has 1 rings (SSSR count). The highest BCUT2D eigenvalue weighted by molar-refractivity contribution is 7.89. The summed E-state index contributed by atoms with van der Waals surface area (Å²) in [4.78, 5) is 0. The van der Waals surface area contributed by atoms with Gasteiger partial charge in [0, 0.05) is 13.6 Å². The predicted octanol–water partition coefficient (Wildman–Crippen LogP) is 1.59. The molecule has 108 valence electrons. The van der Waals surface area contributed by atoms with Gasteiger partial charge in [-0.05, 0) is 37.2 Å². The third-order valence-electron chi connectivity index (χ3n) is 2.77. The van der Waals surface area contributed by atoms with Crippen LogP contribution in [0, 0.1) is 5.82 Å². The van der Waals surface area contributed by atoms with Crippen LogP contribution in [-0.2, 0) is 16.6 Å². The molecule has 0 atom stereocenters. The van der Waals surface area contributed by atoms with Crippen LogP contribution < -0.4 is 5.32 Å². The van der Waals surface area contributed by atoms with Gasteiger partial charge in [0.2, 0.25) is 10.0 Å². The van der Waals surface area contributed by atoms with Gasteiger partial charge in [0.1, 0.15) is 5.82 Å². The molecule has 0 radical (unpaired) electrons. The van der Waals surface area contributed by atoms with Crippen LogP contribution in [0.4, 0.5) is 4.39 Å².